The van der Waals surface area contributed by atoms with Crippen LogP contribution < -0.4 is 0 Å². The van der Waals surface area contributed by atoms with Gasteiger partial charge in [-0.05, 0) is 70.6 Å². The highest BCUT2D eigenvalue weighted by Gasteiger charge is 2.49. The van der Waals surface area contributed by atoms with Crippen molar-refractivity contribution >= 4 is 19.8 Å². The van der Waals surface area contributed by atoms with Gasteiger partial charge in [0.25, 0.3) is 0 Å². The molecule has 0 spiro atoms. The van der Waals surface area contributed by atoms with Crippen LogP contribution in [0.1, 0.15) is 149 Å². The summed E-state index contributed by atoms with van der Waals surface area (Å²) in [4.78, 5) is 36.5. The lowest BCUT2D eigenvalue weighted by molar-refractivity contribution is -0.167. The fourth-order valence-electron chi connectivity index (χ4n) is 7.98. The molecule has 17 heteroatoms. The minimum atomic E-state index is -5.45. The second-order valence-electron chi connectivity index (χ2n) is 17.9. The van der Waals surface area contributed by atoms with Crippen LogP contribution in [0.25, 0.3) is 0 Å². The van der Waals surface area contributed by atoms with Crippen LogP contribution in [0.4, 0.5) is 0 Å². The van der Waals surface area contributed by atoms with E-state index in [1.165, 1.54) is 12.2 Å². The van der Waals surface area contributed by atoms with Crippen LogP contribution in [-0.2, 0) is 32.7 Å². The van der Waals surface area contributed by atoms with E-state index >= 15 is 0 Å². The predicted octanol–water partition coefficient (Wildman–Crippen LogP) is 6.66. The largest absolute Gasteiger partial charge is 0.472 e. The first kappa shape index (κ1) is 61.3. The summed E-state index contributed by atoms with van der Waals surface area (Å²) in [7, 11) is -5.45. The van der Waals surface area contributed by atoms with Crippen molar-refractivity contribution in [3.05, 3.63) is 72.9 Å². The van der Waals surface area contributed by atoms with E-state index in [-0.39, 0.29) is 25.7 Å². The maximum atomic E-state index is 13.5. The molecule has 68 heavy (non-hydrogen) atoms. The molecule has 1 heterocycles. The van der Waals surface area contributed by atoms with Crippen molar-refractivity contribution in [3.8, 4) is 0 Å². The van der Waals surface area contributed by atoms with Gasteiger partial charge in [0.05, 0.1) is 37.1 Å². The topological polar surface area (TPSA) is 270 Å². The first-order chi connectivity index (χ1) is 32.6. The Balaban J connectivity index is 2.06. The number of hydrogen-bond donors (Lipinski definition) is 9. The fraction of sp³-hybridized carbons (Fsp3) is 0.725. The van der Waals surface area contributed by atoms with E-state index in [9.17, 15) is 59.9 Å². The third-order valence-corrected chi connectivity index (χ3v) is 13.1. The predicted molar refractivity (Wildman–Crippen MR) is 260 cm³/mol. The lowest BCUT2D eigenvalue weighted by atomic mass is 9.83. The van der Waals surface area contributed by atoms with Gasteiger partial charge in [-0.15, -0.1) is 0 Å². The molecule has 0 aromatic heterocycles. The van der Waals surface area contributed by atoms with E-state index < -0.39 is 112 Å². The Morgan fingerprint density at radius 3 is 2.09 bits per heavy atom. The molecule has 2 rings (SSSR count). The van der Waals surface area contributed by atoms with E-state index in [1.807, 2.05) is 6.92 Å². The molecule has 0 aromatic carbocycles. The highest BCUT2D eigenvalue weighted by atomic mass is 31.2. The third kappa shape index (κ3) is 25.9. The summed E-state index contributed by atoms with van der Waals surface area (Å²) in [6.07, 6.45) is 17.2. The quantitative estimate of drug-likeness (QED) is 0.0212. The summed E-state index contributed by atoms with van der Waals surface area (Å²) in [6, 6.07) is 0. The van der Waals surface area contributed by atoms with Crippen molar-refractivity contribution < 1.29 is 78.4 Å². The summed E-state index contributed by atoms with van der Waals surface area (Å²) in [5.41, 5.74) is 0. The lowest BCUT2D eigenvalue weighted by Crippen LogP contribution is -2.55. The SMILES string of the molecule is CC/C=C\C/C=C\C/C=C\C/C=C\CCCCCCCCC(=O)OC[C@@H]1COP(=O)(O)O[C@H]2[C@H](O)[C@@H](O)[C@H](O)[C@@H](CC=CCCCC(=O)O1)[C@@H](O)C[C@@H](O)[C@H](/C=C/[C@@H](O)CCCCC)[C@@H](O)[C@H]2O. The number of carbonyl (C=O) groups is 2. The van der Waals surface area contributed by atoms with Gasteiger partial charge in [0, 0.05) is 31.1 Å². The second-order valence-corrected chi connectivity index (χ2v) is 19.3. The van der Waals surface area contributed by atoms with Crippen LogP contribution in [0, 0.1) is 11.8 Å². The molecule has 2 aliphatic rings. The number of esters is 2. The minimum absolute atomic E-state index is 0.0892. The Bertz CT molecular complexity index is 1600. The fourth-order valence-corrected chi connectivity index (χ4v) is 8.95. The number of aliphatic hydroxyl groups excluding tert-OH is 8. The highest BCUT2D eigenvalue weighted by molar-refractivity contribution is 7.47. The minimum Gasteiger partial charge on any atom is -0.462 e. The van der Waals surface area contributed by atoms with Gasteiger partial charge in [-0.2, -0.15) is 0 Å². The van der Waals surface area contributed by atoms with Gasteiger partial charge >= 0.3 is 19.8 Å². The van der Waals surface area contributed by atoms with Crippen LogP contribution >= 0.6 is 7.82 Å². The van der Waals surface area contributed by atoms with Gasteiger partial charge in [-0.3, -0.25) is 18.6 Å². The number of ether oxygens (including phenoxy) is 2. The molecule has 0 radical (unpaired) electrons. The van der Waals surface area contributed by atoms with Gasteiger partial charge < -0.3 is 55.2 Å². The number of phosphoric acid groups is 1. The number of carbonyl (C=O) groups excluding carboxylic acids is 2. The molecular formula is C51H85O16P. The molecule has 0 aromatic rings. The standard InChI is InChI=1S/C51H85O16P/c1-3-5-7-8-9-10-11-12-13-14-15-16-17-18-19-20-21-22-27-31-44(55)64-36-39-37-65-68(62,63)67-51-49(60)47(58)41(34-33-38(52)29-25-6-4-2)43(54)35-42(53)40(46(57)48(59)50(51)61)30-26-23-24-28-32-45(56)66-39/h5,7,9-10,12-13,15-16,23,26,33-34,38-43,46-54,57-61H,3-4,6,8,11,14,17-22,24-25,27-32,35-37H2,1-2H3,(H,62,63)/b7-5-,10-9-,13-12-,16-15-,26-23?,34-33+/t38-,39+,40-,41-,42-,43+,46+,47+,48-,49+,50+,51+/m0/s1. The molecule has 0 amide bonds. The summed E-state index contributed by atoms with van der Waals surface area (Å²) in [5, 5.41) is 90.0. The molecule has 390 valence electrons. The maximum absolute atomic E-state index is 13.5. The van der Waals surface area contributed by atoms with Gasteiger partial charge in [0.15, 0.2) is 6.10 Å². The lowest BCUT2D eigenvalue weighted by Gasteiger charge is -2.37. The zero-order chi connectivity index (χ0) is 50.2. The number of cyclic esters (lactones) is 1. The van der Waals surface area contributed by atoms with E-state index in [1.54, 1.807) is 12.2 Å². The number of hydrogen-bond acceptors (Lipinski definition) is 15. The Morgan fingerprint density at radius 2 is 1.41 bits per heavy atom. The zero-order valence-electron chi connectivity index (χ0n) is 40.4. The molecule has 1 aliphatic carbocycles. The van der Waals surface area contributed by atoms with Crippen molar-refractivity contribution in [2.24, 2.45) is 11.8 Å². The van der Waals surface area contributed by atoms with Gasteiger partial charge in [-0.1, -0.05) is 132 Å². The Morgan fingerprint density at radius 1 is 0.779 bits per heavy atom. The zero-order valence-corrected chi connectivity index (χ0v) is 41.3. The molecule has 1 unspecified atom stereocenters. The van der Waals surface area contributed by atoms with Crippen LogP contribution in [0.15, 0.2) is 72.9 Å². The van der Waals surface area contributed by atoms with Gasteiger partial charge in [0.1, 0.15) is 31.0 Å². The molecular weight excluding hydrogens is 900 g/mol. The van der Waals surface area contributed by atoms with E-state index in [0.717, 1.165) is 77.0 Å². The number of phosphoric ester groups is 1. The molecule has 0 saturated heterocycles. The average Bonchev–Trinajstić information content (AvgIpc) is 3.31. The molecule has 1 saturated carbocycles. The second kappa shape index (κ2) is 36.1. The number of aliphatic hydroxyl groups is 8. The third-order valence-electron chi connectivity index (χ3n) is 12.1. The van der Waals surface area contributed by atoms with Crippen LogP contribution in [0.3, 0.4) is 0 Å². The van der Waals surface area contributed by atoms with Crippen LogP contribution in [0.5, 0.6) is 0 Å². The Labute approximate surface area is 404 Å². The molecule has 16 nitrogen and oxygen atoms in total. The molecule has 1 aliphatic heterocycles. The molecule has 1 fully saturated rings. The summed E-state index contributed by atoms with van der Waals surface area (Å²) in [6.45, 7) is 2.71. The first-order valence-corrected chi connectivity index (χ1v) is 26.5. The Kier molecular flexibility index (Phi) is 32.6. The number of unbranched alkanes of at least 4 members (excludes halogenated alkanes) is 8. The number of rotatable bonds is 24. The smallest absolute Gasteiger partial charge is 0.462 e. The summed E-state index contributed by atoms with van der Waals surface area (Å²) >= 11 is 0. The van der Waals surface area contributed by atoms with E-state index in [2.05, 4.69) is 55.5 Å². The van der Waals surface area contributed by atoms with Crippen molar-refractivity contribution in [1.29, 1.82) is 0 Å². The Hall–Kier alpha value is -2.83. The summed E-state index contributed by atoms with van der Waals surface area (Å²) < 4.78 is 34.7. The van der Waals surface area contributed by atoms with Gasteiger partial charge in [-0.25, -0.2) is 4.57 Å². The first-order valence-electron chi connectivity index (χ1n) is 25.0. The van der Waals surface area contributed by atoms with Crippen molar-refractivity contribution in [2.75, 3.05) is 13.2 Å². The average molecular weight is 985 g/mol. The van der Waals surface area contributed by atoms with E-state index in [0.29, 0.717) is 25.7 Å². The van der Waals surface area contributed by atoms with Crippen LogP contribution in [-0.4, -0.2) is 132 Å². The molecule has 13 atom stereocenters. The number of fused-ring (bicyclic) bond motifs is 4. The molecule has 9 N–H and O–H groups in total. The molecule has 2 bridgehead atoms. The normalized spacial score (nSPS) is 31.5. The highest BCUT2D eigenvalue weighted by Crippen LogP contribution is 2.47. The van der Waals surface area contributed by atoms with Crippen LogP contribution in [0.2, 0.25) is 0 Å². The van der Waals surface area contributed by atoms with Crippen molar-refractivity contribution in [2.45, 2.75) is 210 Å². The summed E-state index contributed by atoms with van der Waals surface area (Å²) in [5.74, 6) is -4.04. The van der Waals surface area contributed by atoms with Gasteiger partial charge in [0.2, 0.25) is 0 Å². The number of allylic oxidation sites excluding steroid dienone is 10. The van der Waals surface area contributed by atoms with Crippen molar-refractivity contribution in [1.82, 2.24) is 0 Å². The monoisotopic (exact) mass is 985 g/mol. The van der Waals surface area contributed by atoms with Crippen molar-refractivity contribution in [3.63, 3.8) is 0 Å². The van der Waals surface area contributed by atoms with E-state index in [4.69, 9.17) is 18.5 Å². The maximum Gasteiger partial charge on any atom is 0.472 e.